The molecule has 1 aliphatic heterocycles. The van der Waals surface area contributed by atoms with Gasteiger partial charge in [-0.3, -0.25) is 9.78 Å². The van der Waals surface area contributed by atoms with Crippen molar-refractivity contribution in [3.8, 4) is 0 Å². The van der Waals surface area contributed by atoms with Gasteiger partial charge in [-0.25, -0.2) is 4.79 Å². The molecule has 2 amide bonds. The van der Waals surface area contributed by atoms with Crippen LogP contribution >= 0.6 is 0 Å². The summed E-state index contributed by atoms with van der Waals surface area (Å²) in [6.45, 7) is 8.02. The summed E-state index contributed by atoms with van der Waals surface area (Å²) in [4.78, 5) is 14.3. The fourth-order valence-electron chi connectivity index (χ4n) is 2.77. The van der Waals surface area contributed by atoms with E-state index in [-0.39, 0.29) is 6.03 Å². The topological polar surface area (TPSA) is 78.8 Å². The molecular formula is C14H20N6O. The molecule has 0 atom stereocenters. The Labute approximate surface area is 123 Å². The van der Waals surface area contributed by atoms with Crippen molar-refractivity contribution >= 4 is 11.7 Å². The largest absolute Gasteiger partial charge is 0.322 e. The van der Waals surface area contributed by atoms with E-state index < -0.39 is 0 Å². The summed E-state index contributed by atoms with van der Waals surface area (Å²) >= 11 is 0. The van der Waals surface area contributed by atoms with Crippen molar-refractivity contribution in [2.75, 3.05) is 11.9 Å². The average Bonchev–Trinajstić information content (AvgIpc) is 3.05. The number of carbonyl (C=O) groups excluding carboxylic acids is 1. The van der Waals surface area contributed by atoms with Gasteiger partial charge < -0.3 is 10.2 Å². The molecule has 2 aromatic heterocycles. The van der Waals surface area contributed by atoms with Crippen LogP contribution in [0.1, 0.15) is 29.6 Å². The number of aromatic amines is 1. The number of aryl methyl sites for hydroxylation is 2. The highest BCUT2D eigenvalue weighted by atomic mass is 16.2. The fraction of sp³-hybridized carbons (Fsp3) is 0.500. The molecule has 0 saturated carbocycles. The monoisotopic (exact) mass is 288 g/mol. The fourth-order valence-corrected chi connectivity index (χ4v) is 2.77. The number of nitrogens with one attached hydrogen (secondary N) is 2. The molecule has 0 aromatic carbocycles. The summed E-state index contributed by atoms with van der Waals surface area (Å²) < 4.78 is 1.90. The van der Waals surface area contributed by atoms with Gasteiger partial charge in [0, 0.05) is 30.8 Å². The number of hydrogen-bond donors (Lipinski definition) is 2. The Bertz CT molecular complexity index is 671. The molecule has 0 saturated heterocycles. The third-order valence-electron chi connectivity index (χ3n) is 4.00. The summed E-state index contributed by atoms with van der Waals surface area (Å²) in [5.41, 5.74) is 4.88. The minimum Gasteiger partial charge on any atom is -0.320 e. The Kier molecular flexibility index (Phi) is 3.40. The molecule has 2 N–H and O–H groups in total. The highest BCUT2D eigenvalue weighted by Crippen LogP contribution is 2.21. The van der Waals surface area contributed by atoms with Gasteiger partial charge in [-0.15, -0.1) is 0 Å². The molecule has 0 fully saturated rings. The summed E-state index contributed by atoms with van der Waals surface area (Å²) in [5, 5.41) is 14.4. The zero-order valence-electron chi connectivity index (χ0n) is 12.6. The van der Waals surface area contributed by atoms with Crippen LogP contribution < -0.4 is 5.32 Å². The van der Waals surface area contributed by atoms with Crippen LogP contribution in [0.2, 0.25) is 0 Å². The second-order valence-electron chi connectivity index (χ2n) is 5.34. The summed E-state index contributed by atoms with van der Waals surface area (Å²) in [6, 6.07) is -0.0799. The van der Waals surface area contributed by atoms with Gasteiger partial charge >= 0.3 is 6.03 Å². The molecule has 7 nitrogen and oxygen atoms in total. The van der Waals surface area contributed by atoms with Gasteiger partial charge in [0.1, 0.15) is 0 Å². The molecule has 3 heterocycles. The number of nitrogens with zero attached hydrogens (tertiary/aromatic N) is 4. The van der Waals surface area contributed by atoms with Crippen LogP contribution in [0.4, 0.5) is 10.5 Å². The lowest BCUT2D eigenvalue weighted by Crippen LogP contribution is -2.38. The zero-order valence-corrected chi connectivity index (χ0v) is 12.6. The highest BCUT2D eigenvalue weighted by molar-refractivity contribution is 5.90. The molecular weight excluding hydrogens is 268 g/mol. The molecule has 0 unspecified atom stereocenters. The SMILES string of the molecule is CCn1nc(C)c(NC(=O)N2CCc3[nH]ncc3C2)c1C. The molecule has 7 heteroatoms. The minimum atomic E-state index is -0.0799. The van der Waals surface area contributed by atoms with Crippen LogP contribution in [0.5, 0.6) is 0 Å². The predicted molar refractivity (Wildman–Crippen MR) is 79.1 cm³/mol. The smallest absolute Gasteiger partial charge is 0.320 e. The van der Waals surface area contributed by atoms with Crippen LogP contribution in [-0.4, -0.2) is 37.5 Å². The Morgan fingerprint density at radius 1 is 1.48 bits per heavy atom. The molecule has 21 heavy (non-hydrogen) atoms. The van der Waals surface area contributed by atoms with Crippen LogP contribution in [0.3, 0.4) is 0 Å². The normalized spacial score (nSPS) is 14.1. The maximum absolute atomic E-state index is 12.4. The molecule has 0 bridgehead atoms. The van der Waals surface area contributed by atoms with Gasteiger partial charge in [0.15, 0.2) is 0 Å². The van der Waals surface area contributed by atoms with E-state index in [0.717, 1.165) is 41.3 Å². The van der Waals surface area contributed by atoms with Crippen molar-refractivity contribution in [2.24, 2.45) is 0 Å². The number of carbonyl (C=O) groups is 1. The van der Waals surface area contributed by atoms with Crippen molar-refractivity contribution in [1.29, 1.82) is 0 Å². The Balaban J connectivity index is 1.74. The van der Waals surface area contributed by atoms with Gasteiger partial charge in [0.2, 0.25) is 0 Å². The van der Waals surface area contributed by atoms with E-state index in [2.05, 4.69) is 20.6 Å². The second kappa shape index (κ2) is 5.23. The van der Waals surface area contributed by atoms with Gasteiger partial charge in [-0.2, -0.15) is 10.2 Å². The first-order chi connectivity index (χ1) is 10.1. The number of hydrogen-bond acceptors (Lipinski definition) is 3. The second-order valence-corrected chi connectivity index (χ2v) is 5.34. The maximum Gasteiger partial charge on any atom is 0.322 e. The van der Waals surface area contributed by atoms with E-state index in [1.165, 1.54) is 0 Å². The number of anilines is 1. The predicted octanol–water partition coefficient (Wildman–Crippen LogP) is 1.83. The molecule has 2 aromatic rings. The van der Waals surface area contributed by atoms with E-state index in [4.69, 9.17) is 0 Å². The number of urea groups is 1. The zero-order chi connectivity index (χ0) is 15.0. The first-order valence-electron chi connectivity index (χ1n) is 7.21. The highest BCUT2D eigenvalue weighted by Gasteiger charge is 2.23. The van der Waals surface area contributed by atoms with Crippen molar-refractivity contribution < 1.29 is 4.79 Å². The van der Waals surface area contributed by atoms with Crippen LogP contribution in [0, 0.1) is 13.8 Å². The standard InChI is InChI=1S/C14H20N6O/c1-4-20-10(3)13(9(2)18-20)16-14(21)19-6-5-12-11(8-19)7-15-17-12/h7H,4-6,8H2,1-3H3,(H,15,17)(H,16,21). The van der Waals surface area contributed by atoms with Crippen molar-refractivity contribution in [3.63, 3.8) is 0 Å². The van der Waals surface area contributed by atoms with Gasteiger partial charge in [0.25, 0.3) is 0 Å². The number of rotatable bonds is 2. The van der Waals surface area contributed by atoms with E-state index in [1.54, 1.807) is 11.1 Å². The van der Waals surface area contributed by atoms with Gasteiger partial charge in [-0.05, 0) is 20.8 Å². The van der Waals surface area contributed by atoms with Crippen LogP contribution in [-0.2, 0) is 19.5 Å². The number of fused-ring (bicyclic) bond motifs is 1. The quantitative estimate of drug-likeness (QED) is 0.885. The molecule has 0 radical (unpaired) electrons. The average molecular weight is 288 g/mol. The maximum atomic E-state index is 12.4. The van der Waals surface area contributed by atoms with Gasteiger partial charge in [0.05, 0.1) is 29.8 Å². The molecule has 0 aliphatic carbocycles. The van der Waals surface area contributed by atoms with E-state index in [0.29, 0.717) is 13.1 Å². The Morgan fingerprint density at radius 3 is 3.00 bits per heavy atom. The molecule has 112 valence electrons. The van der Waals surface area contributed by atoms with E-state index in [1.807, 2.05) is 25.5 Å². The third kappa shape index (κ3) is 2.39. The third-order valence-corrected chi connectivity index (χ3v) is 4.00. The van der Waals surface area contributed by atoms with Gasteiger partial charge in [-0.1, -0.05) is 0 Å². The van der Waals surface area contributed by atoms with Crippen molar-refractivity contribution in [2.45, 2.75) is 40.3 Å². The minimum absolute atomic E-state index is 0.0799. The molecule has 3 rings (SSSR count). The summed E-state index contributed by atoms with van der Waals surface area (Å²) in [7, 11) is 0. The van der Waals surface area contributed by atoms with Crippen LogP contribution in [0.25, 0.3) is 0 Å². The summed E-state index contributed by atoms with van der Waals surface area (Å²) in [5.74, 6) is 0. The lowest BCUT2D eigenvalue weighted by molar-refractivity contribution is 0.206. The lowest BCUT2D eigenvalue weighted by Gasteiger charge is -2.26. The number of H-pyrrole nitrogens is 1. The molecule has 0 spiro atoms. The van der Waals surface area contributed by atoms with Crippen LogP contribution in [0.15, 0.2) is 6.20 Å². The molecule has 1 aliphatic rings. The Morgan fingerprint density at radius 2 is 2.29 bits per heavy atom. The number of amides is 2. The first kappa shape index (κ1) is 13.7. The first-order valence-corrected chi connectivity index (χ1v) is 7.21. The van der Waals surface area contributed by atoms with E-state index >= 15 is 0 Å². The summed E-state index contributed by atoms with van der Waals surface area (Å²) in [6.07, 6.45) is 2.61. The Hall–Kier alpha value is -2.31. The number of aromatic nitrogens is 4. The van der Waals surface area contributed by atoms with Crippen molar-refractivity contribution in [1.82, 2.24) is 24.9 Å². The lowest BCUT2D eigenvalue weighted by atomic mass is 10.1. The van der Waals surface area contributed by atoms with Crippen molar-refractivity contribution in [3.05, 3.63) is 28.8 Å². The van der Waals surface area contributed by atoms with E-state index in [9.17, 15) is 4.79 Å².